The maximum absolute atomic E-state index is 12.4. The molecule has 7 heteroatoms. The van der Waals surface area contributed by atoms with Crippen molar-refractivity contribution in [3.05, 3.63) is 53.6 Å². The highest BCUT2D eigenvalue weighted by Gasteiger charge is 2.27. The van der Waals surface area contributed by atoms with Gasteiger partial charge in [0.05, 0.1) is 11.4 Å². The van der Waals surface area contributed by atoms with Gasteiger partial charge < -0.3 is 15.4 Å². The minimum Gasteiger partial charge on any atom is -0.484 e. The minimum absolute atomic E-state index is 0.195. The lowest BCUT2D eigenvalue weighted by molar-refractivity contribution is -0.118. The molecule has 2 rings (SSSR count). The number of carbonyl (C=O) groups excluding carboxylic acids is 1. The van der Waals surface area contributed by atoms with E-state index in [0.717, 1.165) is 5.56 Å². The maximum Gasteiger partial charge on any atom is 0.405 e. The third kappa shape index (κ3) is 6.51. The van der Waals surface area contributed by atoms with E-state index < -0.39 is 18.6 Å². The first-order chi connectivity index (χ1) is 12.7. The van der Waals surface area contributed by atoms with Gasteiger partial charge in [-0.1, -0.05) is 32.0 Å². The Kier molecular flexibility index (Phi) is 6.71. The van der Waals surface area contributed by atoms with E-state index in [1.807, 2.05) is 19.1 Å². The largest absolute Gasteiger partial charge is 0.484 e. The molecule has 0 saturated carbocycles. The first kappa shape index (κ1) is 20.6. The highest BCUT2D eigenvalue weighted by atomic mass is 19.4. The number of amides is 1. The van der Waals surface area contributed by atoms with Crippen molar-refractivity contribution in [2.75, 3.05) is 23.8 Å². The van der Waals surface area contributed by atoms with Crippen molar-refractivity contribution < 1.29 is 22.7 Å². The van der Waals surface area contributed by atoms with E-state index in [9.17, 15) is 18.0 Å². The number of anilines is 2. The standard InChI is InChI=1S/C20H23F3N2O2/c1-13(2)16-9-8-15(10-14(16)3)27-11-19(26)25-18-7-5-4-6-17(18)24-12-20(21,22)23/h4-10,13,24H,11-12H2,1-3H3,(H,25,26). The smallest absolute Gasteiger partial charge is 0.405 e. The number of halogens is 3. The van der Waals surface area contributed by atoms with Crippen molar-refractivity contribution in [1.29, 1.82) is 0 Å². The molecule has 0 heterocycles. The summed E-state index contributed by atoms with van der Waals surface area (Å²) < 4.78 is 42.7. The van der Waals surface area contributed by atoms with Crippen LogP contribution >= 0.6 is 0 Å². The summed E-state index contributed by atoms with van der Waals surface area (Å²) in [6.07, 6.45) is -4.35. The van der Waals surface area contributed by atoms with E-state index in [1.54, 1.807) is 18.2 Å². The van der Waals surface area contributed by atoms with E-state index in [0.29, 0.717) is 11.7 Å². The van der Waals surface area contributed by atoms with Gasteiger partial charge in [-0.25, -0.2) is 0 Å². The molecule has 146 valence electrons. The van der Waals surface area contributed by atoms with Crippen LogP contribution in [0.15, 0.2) is 42.5 Å². The zero-order chi connectivity index (χ0) is 20.0. The molecule has 0 aliphatic carbocycles. The zero-order valence-corrected chi connectivity index (χ0v) is 15.5. The van der Waals surface area contributed by atoms with Crippen LogP contribution in [0, 0.1) is 6.92 Å². The molecule has 0 unspecified atom stereocenters. The van der Waals surface area contributed by atoms with Gasteiger partial charge in [0.25, 0.3) is 5.91 Å². The molecule has 27 heavy (non-hydrogen) atoms. The monoisotopic (exact) mass is 380 g/mol. The zero-order valence-electron chi connectivity index (χ0n) is 15.5. The van der Waals surface area contributed by atoms with Crippen LogP contribution in [-0.4, -0.2) is 25.2 Å². The number of rotatable bonds is 7. The molecule has 0 aromatic heterocycles. The summed E-state index contributed by atoms with van der Waals surface area (Å²) in [6, 6.07) is 11.8. The number of nitrogens with one attached hydrogen (secondary N) is 2. The quantitative estimate of drug-likeness (QED) is 0.702. The first-order valence-electron chi connectivity index (χ1n) is 8.58. The molecular formula is C20H23F3N2O2. The molecule has 0 radical (unpaired) electrons. The van der Waals surface area contributed by atoms with Crippen molar-refractivity contribution >= 4 is 17.3 Å². The Morgan fingerprint density at radius 2 is 1.78 bits per heavy atom. The Labute approximate surface area is 156 Å². The van der Waals surface area contributed by atoms with Crippen molar-refractivity contribution in [3.63, 3.8) is 0 Å². The van der Waals surface area contributed by atoms with E-state index >= 15 is 0 Å². The molecule has 0 spiro atoms. The molecule has 0 fully saturated rings. The van der Waals surface area contributed by atoms with Crippen molar-refractivity contribution in [2.24, 2.45) is 0 Å². The molecular weight excluding hydrogens is 357 g/mol. The van der Waals surface area contributed by atoms with E-state index in [4.69, 9.17) is 4.74 Å². The Morgan fingerprint density at radius 1 is 1.11 bits per heavy atom. The topological polar surface area (TPSA) is 50.4 Å². The Hall–Kier alpha value is -2.70. The number of para-hydroxylation sites is 2. The average molecular weight is 380 g/mol. The molecule has 1 amide bonds. The molecule has 4 nitrogen and oxygen atoms in total. The number of benzene rings is 2. The number of hydrogen-bond acceptors (Lipinski definition) is 3. The van der Waals surface area contributed by atoms with Crippen molar-refractivity contribution in [1.82, 2.24) is 0 Å². The Bertz CT molecular complexity index is 789. The predicted molar refractivity (Wildman–Crippen MR) is 100 cm³/mol. The number of carbonyl (C=O) groups is 1. The van der Waals surface area contributed by atoms with Gasteiger partial charge in [-0.2, -0.15) is 13.2 Å². The second kappa shape index (κ2) is 8.79. The van der Waals surface area contributed by atoms with Crippen LogP contribution in [0.25, 0.3) is 0 Å². The highest BCUT2D eigenvalue weighted by Crippen LogP contribution is 2.25. The van der Waals surface area contributed by atoms with Gasteiger partial charge in [0.2, 0.25) is 0 Å². The van der Waals surface area contributed by atoms with Crippen molar-refractivity contribution in [3.8, 4) is 5.75 Å². The van der Waals surface area contributed by atoms with Gasteiger partial charge in [-0.15, -0.1) is 0 Å². The molecule has 0 aliphatic rings. The second-order valence-electron chi connectivity index (χ2n) is 6.52. The summed E-state index contributed by atoms with van der Waals surface area (Å²) >= 11 is 0. The summed E-state index contributed by atoms with van der Waals surface area (Å²) in [5.74, 6) is 0.500. The predicted octanol–water partition coefficient (Wildman–Crippen LogP) is 5.11. The summed E-state index contributed by atoms with van der Waals surface area (Å²) in [5, 5.41) is 4.84. The lowest BCUT2D eigenvalue weighted by Gasteiger charge is -2.15. The minimum atomic E-state index is -4.35. The van der Waals surface area contributed by atoms with E-state index in [2.05, 4.69) is 24.5 Å². The highest BCUT2D eigenvalue weighted by molar-refractivity contribution is 5.95. The number of ether oxygens (including phenoxy) is 1. The summed E-state index contributed by atoms with van der Waals surface area (Å²) in [5.41, 5.74) is 2.74. The van der Waals surface area contributed by atoms with Crippen molar-refractivity contribution in [2.45, 2.75) is 32.9 Å². The van der Waals surface area contributed by atoms with Crippen LogP contribution in [0.5, 0.6) is 5.75 Å². The van der Waals surface area contributed by atoms with Gasteiger partial charge in [0.15, 0.2) is 6.61 Å². The SMILES string of the molecule is Cc1cc(OCC(=O)Nc2ccccc2NCC(F)(F)F)ccc1C(C)C. The Balaban J connectivity index is 1.95. The first-order valence-corrected chi connectivity index (χ1v) is 8.58. The fourth-order valence-electron chi connectivity index (χ4n) is 2.66. The van der Waals surface area contributed by atoms with Gasteiger partial charge in [0, 0.05) is 0 Å². The van der Waals surface area contributed by atoms with Crippen LogP contribution in [-0.2, 0) is 4.79 Å². The van der Waals surface area contributed by atoms with Gasteiger partial charge in [-0.05, 0) is 48.2 Å². The Morgan fingerprint density at radius 3 is 2.37 bits per heavy atom. The van der Waals surface area contributed by atoms with Gasteiger partial charge in [-0.3, -0.25) is 4.79 Å². The molecule has 2 N–H and O–H groups in total. The lowest BCUT2D eigenvalue weighted by Crippen LogP contribution is -2.24. The van der Waals surface area contributed by atoms with Crippen LogP contribution in [0.2, 0.25) is 0 Å². The molecule has 2 aromatic carbocycles. The normalized spacial score (nSPS) is 11.4. The van der Waals surface area contributed by atoms with Crippen LogP contribution in [0.3, 0.4) is 0 Å². The second-order valence-corrected chi connectivity index (χ2v) is 6.52. The van der Waals surface area contributed by atoms with Gasteiger partial charge >= 0.3 is 6.18 Å². The average Bonchev–Trinajstić information content (AvgIpc) is 2.58. The van der Waals surface area contributed by atoms with Crippen LogP contribution in [0.1, 0.15) is 30.9 Å². The number of aryl methyl sites for hydroxylation is 1. The fourth-order valence-corrected chi connectivity index (χ4v) is 2.66. The molecule has 2 aromatic rings. The fraction of sp³-hybridized carbons (Fsp3) is 0.350. The number of alkyl halides is 3. The summed E-state index contributed by atoms with van der Waals surface area (Å²) in [6.45, 7) is 4.75. The third-order valence-electron chi connectivity index (χ3n) is 3.91. The molecule has 0 saturated heterocycles. The van der Waals surface area contributed by atoms with E-state index in [-0.39, 0.29) is 18.0 Å². The number of hydrogen-bond donors (Lipinski definition) is 2. The third-order valence-corrected chi connectivity index (χ3v) is 3.91. The molecule has 0 atom stereocenters. The summed E-state index contributed by atoms with van der Waals surface area (Å²) in [7, 11) is 0. The maximum atomic E-state index is 12.4. The van der Waals surface area contributed by atoms with E-state index in [1.165, 1.54) is 17.7 Å². The summed E-state index contributed by atoms with van der Waals surface area (Å²) in [4.78, 5) is 12.1. The van der Waals surface area contributed by atoms with Crippen LogP contribution < -0.4 is 15.4 Å². The van der Waals surface area contributed by atoms with Crippen LogP contribution in [0.4, 0.5) is 24.5 Å². The molecule has 0 aliphatic heterocycles. The molecule has 0 bridgehead atoms. The lowest BCUT2D eigenvalue weighted by atomic mass is 9.98. The van der Waals surface area contributed by atoms with Gasteiger partial charge in [0.1, 0.15) is 12.3 Å².